The Morgan fingerprint density at radius 3 is 2.32 bits per heavy atom. The Hall–Kier alpha value is -3.67. The SMILES string of the molecule is CCCCNC(=O)[C@H](Cc1ccccc1)N(Cc1ccccc1F)C(=O)COc1ccccc1C(C)C. The molecular formula is C31H37FN2O3. The maximum Gasteiger partial charge on any atom is 0.261 e. The highest BCUT2D eigenvalue weighted by Gasteiger charge is 2.31. The van der Waals surface area contributed by atoms with Crippen molar-refractivity contribution in [3.63, 3.8) is 0 Å². The molecule has 1 N–H and O–H groups in total. The Morgan fingerprint density at radius 1 is 0.946 bits per heavy atom. The van der Waals surface area contributed by atoms with Crippen LogP contribution in [-0.4, -0.2) is 35.9 Å². The maximum absolute atomic E-state index is 14.7. The first-order valence-electron chi connectivity index (χ1n) is 13.0. The van der Waals surface area contributed by atoms with Gasteiger partial charge in [0.25, 0.3) is 5.91 Å². The second kappa shape index (κ2) is 14.2. The van der Waals surface area contributed by atoms with Gasteiger partial charge in [0.05, 0.1) is 0 Å². The molecule has 0 fully saturated rings. The average Bonchev–Trinajstić information content (AvgIpc) is 2.91. The number of hydrogen-bond acceptors (Lipinski definition) is 3. The Labute approximate surface area is 219 Å². The van der Waals surface area contributed by atoms with Crippen molar-refractivity contribution in [2.24, 2.45) is 0 Å². The van der Waals surface area contributed by atoms with Crippen LogP contribution >= 0.6 is 0 Å². The number of para-hydroxylation sites is 1. The van der Waals surface area contributed by atoms with E-state index in [-0.39, 0.29) is 30.9 Å². The average molecular weight is 505 g/mol. The topological polar surface area (TPSA) is 58.6 Å². The fraction of sp³-hybridized carbons (Fsp3) is 0.355. The lowest BCUT2D eigenvalue weighted by atomic mass is 10.0. The Kier molecular flexibility index (Phi) is 10.7. The molecule has 3 aromatic rings. The molecule has 1 atom stereocenters. The van der Waals surface area contributed by atoms with Crippen molar-refractivity contribution < 1.29 is 18.7 Å². The minimum Gasteiger partial charge on any atom is -0.483 e. The van der Waals surface area contributed by atoms with E-state index < -0.39 is 11.9 Å². The second-order valence-electron chi connectivity index (χ2n) is 9.44. The van der Waals surface area contributed by atoms with E-state index in [1.54, 1.807) is 18.2 Å². The number of nitrogens with zero attached hydrogens (tertiary/aromatic N) is 1. The summed E-state index contributed by atoms with van der Waals surface area (Å²) in [6, 6.07) is 22.7. The Morgan fingerprint density at radius 2 is 1.62 bits per heavy atom. The van der Waals surface area contributed by atoms with Crippen LogP contribution in [0.5, 0.6) is 5.75 Å². The van der Waals surface area contributed by atoms with E-state index in [0.717, 1.165) is 24.0 Å². The van der Waals surface area contributed by atoms with Gasteiger partial charge in [-0.15, -0.1) is 0 Å². The van der Waals surface area contributed by atoms with Crippen LogP contribution in [0.25, 0.3) is 0 Å². The zero-order valence-corrected chi connectivity index (χ0v) is 22.0. The van der Waals surface area contributed by atoms with Gasteiger partial charge in [0.15, 0.2) is 6.61 Å². The molecule has 0 spiro atoms. The first-order valence-corrected chi connectivity index (χ1v) is 13.0. The van der Waals surface area contributed by atoms with E-state index in [0.29, 0.717) is 24.3 Å². The van der Waals surface area contributed by atoms with Crippen LogP contribution in [0.15, 0.2) is 78.9 Å². The van der Waals surface area contributed by atoms with Crippen molar-refractivity contribution >= 4 is 11.8 Å². The van der Waals surface area contributed by atoms with Crippen LogP contribution in [0, 0.1) is 5.82 Å². The fourth-order valence-electron chi connectivity index (χ4n) is 4.18. The third-order valence-corrected chi connectivity index (χ3v) is 6.29. The minimum absolute atomic E-state index is 0.0423. The molecule has 0 bridgehead atoms. The number of carbonyl (C=O) groups is 2. The molecule has 5 nitrogen and oxygen atoms in total. The van der Waals surface area contributed by atoms with Gasteiger partial charge in [0.2, 0.25) is 5.91 Å². The summed E-state index contributed by atoms with van der Waals surface area (Å²) in [6.07, 6.45) is 2.08. The van der Waals surface area contributed by atoms with E-state index in [2.05, 4.69) is 19.2 Å². The lowest BCUT2D eigenvalue weighted by Crippen LogP contribution is -2.52. The normalized spacial score (nSPS) is 11.7. The summed E-state index contributed by atoms with van der Waals surface area (Å²) in [5.41, 5.74) is 2.25. The van der Waals surface area contributed by atoms with Crippen LogP contribution in [0.2, 0.25) is 0 Å². The molecule has 2 amide bonds. The summed E-state index contributed by atoms with van der Waals surface area (Å²) in [5.74, 6) is -0.214. The monoisotopic (exact) mass is 504 g/mol. The lowest BCUT2D eigenvalue weighted by Gasteiger charge is -2.31. The number of benzene rings is 3. The molecule has 0 aliphatic carbocycles. The molecule has 0 heterocycles. The van der Waals surface area contributed by atoms with E-state index in [9.17, 15) is 14.0 Å². The molecule has 0 unspecified atom stereocenters. The molecular weight excluding hydrogens is 467 g/mol. The first-order chi connectivity index (χ1) is 17.9. The van der Waals surface area contributed by atoms with E-state index in [1.807, 2.05) is 61.5 Å². The highest BCUT2D eigenvalue weighted by Crippen LogP contribution is 2.26. The Bertz CT molecular complexity index is 1150. The van der Waals surface area contributed by atoms with E-state index in [4.69, 9.17) is 4.74 Å². The molecule has 0 aromatic heterocycles. The largest absolute Gasteiger partial charge is 0.483 e. The van der Waals surface area contributed by atoms with Crippen molar-refractivity contribution in [1.29, 1.82) is 0 Å². The first kappa shape index (κ1) is 27.9. The highest BCUT2D eigenvalue weighted by molar-refractivity contribution is 5.88. The van der Waals surface area contributed by atoms with Gasteiger partial charge in [0, 0.05) is 25.1 Å². The van der Waals surface area contributed by atoms with Gasteiger partial charge in [-0.3, -0.25) is 9.59 Å². The number of carbonyl (C=O) groups excluding carboxylic acids is 2. The predicted octanol–water partition coefficient (Wildman–Crippen LogP) is 5.88. The van der Waals surface area contributed by atoms with Crippen LogP contribution in [0.4, 0.5) is 4.39 Å². The van der Waals surface area contributed by atoms with Gasteiger partial charge in [-0.25, -0.2) is 4.39 Å². The summed E-state index contributed by atoms with van der Waals surface area (Å²) >= 11 is 0. The van der Waals surface area contributed by atoms with Gasteiger partial charge >= 0.3 is 0 Å². The number of ether oxygens (including phenoxy) is 1. The van der Waals surface area contributed by atoms with Crippen LogP contribution < -0.4 is 10.1 Å². The van der Waals surface area contributed by atoms with Crippen LogP contribution in [0.1, 0.15) is 56.2 Å². The number of nitrogens with one attached hydrogen (secondary N) is 1. The number of unbranched alkanes of at least 4 members (excludes halogenated alkanes) is 1. The van der Waals surface area contributed by atoms with Crippen molar-refractivity contribution in [2.75, 3.05) is 13.2 Å². The Balaban J connectivity index is 1.92. The summed E-state index contributed by atoms with van der Waals surface area (Å²) in [5, 5.41) is 2.97. The summed E-state index contributed by atoms with van der Waals surface area (Å²) in [7, 11) is 0. The van der Waals surface area contributed by atoms with Crippen molar-refractivity contribution in [2.45, 2.75) is 58.5 Å². The molecule has 0 aliphatic heterocycles. The molecule has 0 saturated carbocycles. The molecule has 0 aliphatic rings. The van der Waals surface area contributed by atoms with Crippen molar-refractivity contribution in [3.05, 3.63) is 101 Å². The van der Waals surface area contributed by atoms with Gasteiger partial charge in [-0.05, 0) is 35.6 Å². The van der Waals surface area contributed by atoms with Gasteiger partial charge < -0.3 is 15.0 Å². The zero-order chi connectivity index (χ0) is 26.6. The smallest absolute Gasteiger partial charge is 0.261 e. The molecule has 3 rings (SSSR count). The molecule has 6 heteroatoms. The molecule has 3 aromatic carbocycles. The summed E-state index contributed by atoms with van der Waals surface area (Å²) in [4.78, 5) is 28.5. The minimum atomic E-state index is -0.824. The quantitative estimate of drug-likeness (QED) is 0.296. The van der Waals surface area contributed by atoms with E-state index in [1.165, 1.54) is 11.0 Å². The number of amides is 2. The van der Waals surface area contributed by atoms with Gasteiger partial charge in [0.1, 0.15) is 17.6 Å². The fourth-order valence-corrected chi connectivity index (χ4v) is 4.18. The summed E-state index contributed by atoms with van der Waals surface area (Å²) in [6.45, 7) is 6.38. The molecule has 196 valence electrons. The van der Waals surface area contributed by atoms with E-state index >= 15 is 0 Å². The standard InChI is InChI=1S/C31H37FN2O3/c1-4-5-19-33-31(36)28(20-24-13-7-6-8-14-24)34(21-25-15-9-11-17-27(25)32)30(35)22-37-29-18-12-10-16-26(29)23(2)3/h6-18,23,28H,4-5,19-22H2,1-3H3,(H,33,36)/t28-/m0/s1. The zero-order valence-electron chi connectivity index (χ0n) is 22.0. The second-order valence-corrected chi connectivity index (χ2v) is 9.44. The van der Waals surface area contributed by atoms with Crippen LogP contribution in [-0.2, 0) is 22.6 Å². The highest BCUT2D eigenvalue weighted by atomic mass is 19.1. The molecule has 0 radical (unpaired) electrons. The lowest BCUT2D eigenvalue weighted by molar-refractivity contribution is -0.142. The van der Waals surface area contributed by atoms with Crippen molar-refractivity contribution in [1.82, 2.24) is 10.2 Å². The predicted molar refractivity (Wildman–Crippen MR) is 145 cm³/mol. The maximum atomic E-state index is 14.7. The summed E-state index contributed by atoms with van der Waals surface area (Å²) < 4.78 is 20.6. The molecule has 37 heavy (non-hydrogen) atoms. The number of hydrogen-bond donors (Lipinski definition) is 1. The number of halogens is 1. The number of rotatable bonds is 13. The molecule has 0 saturated heterocycles. The van der Waals surface area contributed by atoms with Gasteiger partial charge in [-0.2, -0.15) is 0 Å². The van der Waals surface area contributed by atoms with Crippen molar-refractivity contribution in [3.8, 4) is 5.75 Å². The van der Waals surface area contributed by atoms with Crippen LogP contribution in [0.3, 0.4) is 0 Å². The van der Waals surface area contributed by atoms with Gasteiger partial charge in [-0.1, -0.05) is 93.9 Å². The third-order valence-electron chi connectivity index (χ3n) is 6.29. The third kappa shape index (κ3) is 8.17.